The number of fused-ring (bicyclic) bond motifs is 1. The van der Waals surface area contributed by atoms with E-state index < -0.39 is 0 Å². The maximum Gasteiger partial charge on any atom is 0.276 e. The van der Waals surface area contributed by atoms with Crippen LogP contribution in [0.25, 0.3) is 10.2 Å². The molecule has 0 aliphatic heterocycles. The highest BCUT2D eigenvalue weighted by Crippen LogP contribution is 2.28. The minimum absolute atomic E-state index is 0.226. The fraction of sp³-hybridized carbons (Fsp3) is 0.100. The summed E-state index contributed by atoms with van der Waals surface area (Å²) in [6, 6.07) is 17.2. The second-order valence-corrected chi connectivity index (χ2v) is 6.94. The Labute approximate surface area is 159 Å². The van der Waals surface area contributed by atoms with E-state index in [2.05, 4.69) is 20.3 Å². The van der Waals surface area contributed by atoms with Gasteiger partial charge in [0.25, 0.3) is 5.91 Å². The predicted molar refractivity (Wildman–Crippen MR) is 105 cm³/mol. The van der Waals surface area contributed by atoms with Crippen molar-refractivity contribution in [3.8, 4) is 5.88 Å². The summed E-state index contributed by atoms with van der Waals surface area (Å²) >= 11 is 1.43. The Hall–Kier alpha value is -3.32. The highest BCUT2D eigenvalue weighted by atomic mass is 32.1. The Morgan fingerprint density at radius 2 is 1.96 bits per heavy atom. The minimum atomic E-state index is -0.348. The standard InChI is InChI=1S/C20H16N4O2S/c1-13-6-5-9-16-18(13)23-20(27-16)24-19(25)15-10-17(22-12-21-15)26-11-14-7-3-2-4-8-14/h2-10,12H,11H2,1H3,(H,23,24,25). The van der Waals surface area contributed by atoms with Gasteiger partial charge in [-0.1, -0.05) is 53.8 Å². The molecule has 0 aliphatic carbocycles. The highest BCUT2D eigenvalue weighted by molar-refractivity contribution is 7.22. The highest BCUT2D eigenvalue weighted by Gasteiger charge is 2.13. The molecule has 0 saturated carbocycles. The average Bonchev–Trinajstić information content (AvgIpc) is 3.11. The summed E-state index contributed by atoms with van der Waals surface area (Å²) in [4.78, 5) is 25.1. The van der Waals surface area contributed by atoms with E-state index in [9.17, 15) is 4.79 Å². The van der Waals surface area contributed by atoms with Gasteiger partial charge < -0.3 is 4.74 Å². The van der Waals surface area contributed by atoms with Gasteiger partial charge in [0, 0.05) is 6.07 Å². The molecule has 1 amide bonds. The van der Waals surface area contributed by atoms with Gasteiger partial charge in [-0.3, -0.25) is 10.1 Å². The van der Waals surface area contributed by atoms with Crippen LogP contribution in [0.1, 0.15) is 21.6 Å². The Kier molecular flexibility index (Phi) is 4.76. The topological polar surface area (TPSA) is 77.0 Å². The Bertz CT molecular complexity index is 1100. The molecule has 1 N–H and O–H groups in total. The fourth-order valence-electron chi connectivity index (χ4n) is 2.57. The number of nitrogens with one attached hydrogen (secondary N) is 1. The van der Waals surface area contributed by atoms with Gasteiger partial charge in [0.05, 0.1) is 10.2 Å². The SMILES string of the molecule is Cc1cccc2sc(NC(=O)c3cc(OCc4ccccc4)ncn3)nc12. The van der Waals surface area contributed by atoms with Crippen molar-refractivity contribution in [3.05, 3.63) is 77.7 Å². The van der Waals surface area contributed by atoms with Crippen LogP contribution < -0.4 is 10.1 Å². The van der Waals surface area contributed by atoms with Gasteiger partial charge in [0.1, 0.15) is 18.6 Å². The van der Waals surface area contributed by atoms with Gasteiger partial charge in [-0.2, -0.15) is 0 Å². The predicted octanol–water partition coefficient (Wildman–Crippen LogP) is 4.23. The lowest BCUT2D eigenvalue weighted by Crippen LogP contribution is -2.14. The summed E-state index contributed by atoms with van der Waals surface area (Å²) in [5, 5.41) is 3.34. The van der Waals surface area contributed by atoms with E-state index in [4.69, 9.17) is 4.74 Å². The molecule has 0 spiro atoms. The molecule has 0 atom stereocenters. The summed E-state index contributed by atoms with van der Waals surface area (Å²) in [7, 11) is 0. The summed E-state index contributed by atoms with van der Waals surface area (Å²) in [6.45, 7) is 2.37. The lowest BCUT2D eigenvalue weighted by atomic mass is 10.2. The van der Waals surface area contributed by atoms with Gasteiger partial charge in [-0.25, -0.2) is 15.0 Å². The number of aromatic nitrogens is 3. The monoisotopic (exact) mass is 376 g/mol. The molecule has 2 aromatic carbocycles. The molecule has 2 heterocycles. The molecule has 0 unspecified atom stereocenters. The molecule has 0 saturated heterocycles. The van der Waals surface area contributed by atoms with Crippen LogP contribution in [-0.2, 0) is 6.61 Å². The number of aryl methyl sites for hydroxylation is 1. The molecule has 2 aromatic heterocycles. The lowest BCUT2D eigenvalue weighted by Gasteiger charge is -2.06. The second kappa shape index (κ2) is 7.51. The lowest BCUT2D eigenvalue weighted by molar-refractivity contribution is 0.102. The summed E-state index contributed by atoms with van der Waals surface area (Å²) in [6.07, 6.45) is 1.32. The van der Waals surface area contributed by atoms with Crippen LogP contribution in [-0.4, -0.2) is 20.9 Å². The van der Waals surface area contributed by atoms with Gasteiger partial charge in [-0.05, 0) is 24.1 Å². The largest absolute Gasteiger partial charge is 0.473 e. The first-order valence-electron chi connectivity index (χ1n) is 8.35. The molecule has 134 valence electrons. The zero-order valence-corrected chi connectivity index (χ0v) is 15.4. The molecule has 0 aliphatic rings. The number of carbonyl (C=O) groups excluding carboxylic acids is 1. The molecule has 6 nitrogen and oxygen atoms in total. The van der Waals surface area contributed by atoms with Crippen LogP contribution in [0.4, 0.5) is 5.13 Å². The van der Waals surface area contributed by atoms with E-state index in [0.717, 1.165) is 21.3 Å². The van der Waals surface area contributed by atoms with Gasteiger partial charge in [0.2, 0.25) is 5.88 Å². The number of anilines is 1. The van der Waals surface area contributed by atoms with Crippen molar-refractivity contribution >= 4 is 32.6 Å². The first-order chi connectivity index (χ1) is 13.2. The van der Waals surface area contributed by atoms with E-state index in [1.807, 2.05) is 55.5 Å². The van der Waals surface area contributed by atoms with Crippen molar-refractivity contribution < 1.29 is 9.53 Å². The normalized spacial score (nSPS) is 10.7. The van der Waals surface area contributed by atoms with Crippen molar-refractivity contribution in [2.75, 3.05) is 5.32 Å². The molecule has 27 heavy (non-hydrogen) atoms. The number of amides is 1. The maximum atomic E-state index is 12.5. The van der Waals surface area contributed by atoms with E-state index in [1.54, 1.807) is 0 Å². The van der Waals surface area contributed by atoms with Crippen LogP contribution in [0.5, 0.6) is 5.88 Å². The van der Waals surface area contributed by atoms with Crippen molar-refractivity contribution in [1.82, 2.24) is 15.0 Å². The molecule has 7 heteroatoms. The van der Waals surface area contributed by atoms with Crippen LogP contribution in [0.15, 0.2) is 60.9 Å². The average molecular weight is 376 g/mol. The first kappa shape index (κ1) is 17.1. The minimum Gasteiger partial charge on any atom is -0.473 e. The Balaban J connectivity index is 1.47. The molecular formula is C20H16N4O2S. The third kappa shape index (κ3) is 3.93. The summed E-state index contributed by atoms with van der Waals surface area (Å²) in [5.41, 5.74) is 3.21. The quantitative estimate of drug-likeness (QED) is 0.564. The zero-order chi connectivity index (χ0) is 18.6. The number of carbonyl (C=O) groups is 1. The number of nitrogens with zero attached hydrogens (tertiary/aromatic N) is 3. The number of para-hydroxylation sites is 1. The molecule has 4 aromatic rings. The van der Waals surface area contributed by atoms with Crippen LogP contribution >= 0.6 is 11.3 Å². The smallest absolute Gasteiger partial charge is 0.276 e. The molecule has 0 radical (unpaired) electrons. The third-order valence-electron chi connectivity index (χ3n) is 3.95. The zero-order valence-electron chi connectivity index (χ0n) is 14.5. The van der Waals surface area contributed by atoms with E-state index in [1.165, 1.54) is 23.7 Å². The van der Waals surface area contributed by atoms with Crippen molar-refractivity contribution in [1.29, 1.82) is 0 Å². The number of benzene rings is 2. The Morgan fingerprint density at radius 1 is 1.11 bits per heavy atom. The number of ether oxygens (including phenoxy) is 1. The van der Waals surface area contributed by atoms with Crippen LogP contribution in [0, 0.1) is 6.92 Å². The Morgan fingerprint density at radius 3 is 2.78 bits per heavy atom. The summed E-state index contributed by atoms with van der Waals surface area (Å²) < 4.78 is 6.68. The number of hydrogen-bond acceptors (Lipinski definition) is 6. The molecule has 0 bridgehead atoms. The second-order valence-electron chi connectivity index (χ2n) is 5.91. The van der Waals surface area contributed by atoms with E-state index >= 15 is 0 Å². The number of rotatable bonds is 5. The van der Waals surface area contributed by atoms with Gasteiger partial charge >= 0.3 is 0 Å². The van der Waals surface area contributed by atoms with Crippen molar-refractivity contribution in [3.63, 3.8) is 0 Å². The van der Waals surface area contributed by atoms with E-state index in [-0.39, 0.29) is 11.6 Å². The number of thiazole rings is 1. The first-order valence-corrected chi connectivity index (χ1v) is 9.17. The van der Waals surface area contributed by atoms with Gasteiger partial charge in [-0.15, -0.1) is 0 Å². The third-order valence-corrected chi connectivity index (χ3v) is 4.88. The fourth-order valence-corrected chi connectivity index (χ4v) is 3.51. The van der Waals surface area contributed by atoms with Crippen LogP contribution in [0.3, 0.4) is 0 Å². The van der Waals surface area contributed by atoms with Gasteiger partial charge in [0.15, 0.2) is 5.13 Å². The van der Waals surface area contributed by atoms with E-state index in [0.29, 0.717) is 17.6 Å². The number of hydrogen-bond donors (Lipinski definition) is 1. The molecular weight excluding hydrogens is 360 g/mol. The van der Waals surface area contributed by atoms with Crippen molar-refractivity contribution in [2.45, 2.75) is 13.5 Å². The van der Waals surface area contributed by atoms with Crippen LogP contribution in [0.2, 0.25) is 0 Å². The maximum absolute atomic E-state index is 12.5. The molecule has 4 rings (SSSR count). The van der Waals surface area contributed by atoms with Crippen molar-refractivity contribution in [2.24, 2.45) is 0 Å². The molecule has 0 fully saturated rings. The summed E-state index contributed by atoms with van der Waals surface area (Å²) in [5.74, 6) is -0.00202.